The fourth-order valence-corrected chi connectivity index (χ4v) is 3.33. The first-order valence-corrected chi connectivity index (χ1v) is 6.66. The van der Waals surface area contributed by atoms with Crippen molar-refractivity contribution in [1.82, 2.24) is 9.80 Å². The van der Waals surface area contributed by atoms with Crippen LogP contribution in [0.3, 0.4) is 0 Å². The molecule has 2 saturated heterocycles. The number of nitrogens with zero attached hydrogens (tertiary/aromatic N) is 2. The van der Waals surface area contributed by atoms with E-state index in [0.29, 0.717) is 19.1 Å². The molecule has 1 amide bonds. The Morgan fingerprint density at radius 1 is 1.58 bits per heavy atom. The van der Waals surface area contributed by atoms with E-state index >= 15 is 0 Å². The zero-order valence-corrected chi connectivity index (χ0v) is 11.5. The van der Waals surface area contributed by atoms with Crippen LogP contribution in [0.1, 0.15) is 5.76 Å². The molecule has 2 aliphatic rings. The lowest BCUT2D eigenvalue weighted by Crippen LogP contribution is -2.46. The largest absolute Gasteiger partial charge is 0.468 e. The lowest BCUT2D eigenvalue weighted by molar-refractivity contribution is -0.140. The van der Waals surface area contributed by atoms with E-state index in [0.717, 1.165) is 25.4 Å². The standard InChI is InChI=1S/C14H20N2O3/c1-15(2)13(17)14-9-16(6-11(14)8-18-10-14)7-12-4-3-5-19-12/h3-5,11H,6-10H2,1-2H3/t11-,14-/m1/s1. The van der Waals surface area contributed by atoms with Crippen LogP contribution in [0, 0.1) is 11.3 Å². The second kappa shape index (κ2) is 4.65. The molecule has 0 spiro atoms. The molecular formula is C14H20N2O3. The molecule has 0 N–H and O–H groups in total. The van der Waals surface area contributed by atoms with Crippen molar-refractivity contribution in [3.8, 4) is 0 Å². The van der Waals surface area contributed by atoms with Gasteiger partial charge in [0.15, 0.2) is 0 Å². The number of carbonyl (C=O) groups excluding carboxylic acids is 1. The van der Waals surface area contributed by atoms with Crippen LogP contribution in [0.4, 0.5) is 0 Å². The number of rotatable bonds is 3. The topological polar surface area (TPSA) is 45.9 Å². The zero-order valence-electron chi connectivity index (χ0n) is 11.5. The number of amides is 1. The highest BCUT2D eigenvalue weighted by Crippen LogP contribution is 2.42. The summed E-state index contributed by atoms with van der Waals surface area (Å²) in [5.41, 5.74) is -0.351. The molecule has 3 rings (SSSR count). The van der Waals surface area contributed by atoms with Gasteiger partial charge in [0, 0.05) is 33.1 Å². The van der Waals surface area contributed by atoms with Crippen molar-refractivity contribution >= 4 is 5.91 Å². The predicted octanol–water partition coefficient (Wildman–Crippen LogP) is 0.816. The van der Waals surface area contributed by atoms with Gasteiger partial charge in [-0.25, -0.2) is 0 Å². The molecule has 0 bridgehead atoms. The molecule has 0 radical (unpaired) electrons. The Hall–Kier alpha value is -1.33. The van der Waals surface area contributed by atoms with Gasteiger partial charge in [0.1, 0.15) is 5.76 Å². The molecule has 2 fully saturated rings. The molecule has 104 valence electrons. The van der Waals surface area contributed by atoms with E-state index in [2.05, 4.69) is 4.90 Å². The first-order chi connectivity index (χ1) is 9.12. The molecule has 0 unspecified atom stereocenters. The average molecular weight is 264 g/mol. The van der Waals surface area contributed by atoms with E-state index < -0.39 is 0 Å². The Morgan fingerprint density at radius 3 is 3.11 bits per heavy atom. The van der Waals surface area contributed by atoms with Crippen LogP contribution in [-0.4, -0.2) is 56.1 Å². The third-order valence-corrected chi connectivity index (χ3v) is 4.24. The molecule has 1 aromatic rings. The summed E-state index contributed by atoms with van der Waals surface area (Å²) in [7, 11) is 3.64. The van der Waals surface area contributed by atoms with Crippen molar-refractivity contribution in [3.63, 3.8) is 0 Å². The first-order valence-electron chi connectivity index (χ1n) is 6.66. The maximum atomic E-state index is 12.5. The van der Waals surface area contributed by atoms with Gasteiger partial charge in [-0.05, 0) is 12.1 Å². The lowest BCUT2D eigenvalue weighted by Gasteiger charge is -2.29. The number of hydrogen-bond acceptors (Lipinski definition) is 4. The Labute approximate surface area is 113 Å². The number of hydrogen-bond donors (Lipinski definition) is 0. The molecule has 2 aliphatic heterocycles. The zero-order chi connectivity index (χ0) is 13.5. The molecule has 0 aliphatic carbocycles. The molecule has 3 heterocycles. The van der Waals surface area contributed by atoms with Crippen molar-refractivity contribution in [2.24, 2.45) is 11.3 Å². The summed E-state index contributed by atoms with van der Waals surface area (Å²) in [6, 6.07) is 3.88. The Bertz CT molecular complexity index is 457. The maximum absolute atomic E-state index is 12.5. The molecule has 5 nitrogen and oxygen atoms in total. The van der Waals surface area contributed by atoms with E-state index in [9.17, 15) is 4.79 Å². The lowest BCUT2D eigenvalue weighted by atomic mass is 9.80. The summed E-state index contributed by atoms with van der Waals surface area (Å²) >= 11 is 0. The summed E-state index contributed by atoms with van der Waals surface area (Å²) in [6.45, 7) is 3.67. The van der Waals surface area contributed by atoms with Crippen molar-refractivity contribution in [2.45, 2.75) is 6.54 Å². The van der Waals surface area contributed by atoms with E-state index in [1.54, 1.807) is 11.2 Å². The highest BCUT2D eigenvalue weighted by atomic mass is 16.5. The van der Waals surface area contributed by atoms with E-state index in [1.165, 1.54) is 0 Å². The van der Waals surface area contributed by atoms with Crippen LogP contribution in [0.5, 0.6) is 0 Å². The van der Waals surface area contributed by atoms with Crippen molar-refractivity contribution in [3.05, 3.63) is 24.2 Å². The third kappa shape index (κ3) is 2.07. The first kappa shape index (κ1) is 12.7. The van der Waals surface area contributed by atoms with Gasteiger partial charge < -0.3 is 14.1 Å². The fraction of sp³-hybridized carbons (Fsp3) is 0.643. The minimum atomic E-state index is -0.351. The van der Waals surface area contributed by atoms with Gasteiger partial charge in [-0.2, -0.15) is 0 Å². The molecule has 1 aromatic heterocycles. The Kier molecular flexibility index (Phi) is 3.11. The maximum Gasteiger partial charge on any atom is 0.232 e. The average Bonchev–Trinajstić information content (AvgIpc) is 3.03. The van der Waals surface area contributed by atoms with Crippen LogP contribution in [-0.2, 0) is 16.1 Å². The van der Waals surface area contributed by atoms with Crippen molar-refractivity contribution < 1.29 is 13.9 Å². The summed E-state index contributed by atoms with van der Waals surface area (Å²) in [5.74, 6) is 1.45. The number of furan rings is 1. The van der Waals surface area contributed by atoms with Gasteiger partial charge in [-0.15, -0.1) is 0 Å². The summed E-state index contributed by atoms with van der Waals surface area (Å²) in [5, 5.41) is 0. The monoisotopic (exact) mass is 264 g/mol. The van der Waals surface area contributed by atoms with Crippen LogP contribution in [0.2, 0.25) is 0 Å². The van der Waals surface area contributed by atoms with Gasteiger partial charge in [0.05, 0.1) is 31.4 Å². The van der Waals surface area contributed by atoms with Crippen LogP contribution >= 0.6 is 0 Å². The molecule has 5 heteroatoms. The normalized spacial score (nSPS) is 30.5. The quantitative estimate of drug-likeness (QED) is 0.811. The summed E-state index contributed by atoms with van der Waals surface area (Å²) in [4.78, 5) is 16.5. The second-order valence-electron chi connectivity index (χ2n) is 5.82. The van der Waals surface area contributed by atoms with Crippen molar-refractivity contribution in [1.29, 1.82) is 0 Å². The van der Waals surface area contributed by atoms with E-state index in [4.69, 9.17) is 9.15 Å². The summed E-state index contributed by atoms with van der Waals surface area (Å²) in [6.07, 6.45) is 1.69. The van der Waals surface area contributed by atoms with E-state index in [1.807, 2.05) is 26.2 Å². The van der Waals surface area contributed by atoms with Gasteiger partial charge in [-0.1, -0.05) is 0 Å². The van der Waals surface area contributed by atoms with Gasteiger partial charge in [0.2, 0.25) is 5.91 Å². The number of ether oxygens (including phenoxy) is 1. The minimum absolute atomic E-state index is 0.192. The SMILES string of the molecule is CN(C)C(=O)[C@]12COC[C@H]1CN(Cc1ccco1)C2. The molecule has 19 heavy (non-hydrogen) atoms. The van der Waals surface area contributed by atoms with Crippen LogP contribution < -0.4 is 0 Å². The third-order valence-electron chi connectivity index (χ3n) is 4.24. The number of likely N-dealkylation sites (tertiary alicyclic amines) is 1. The predicted molar refractivity (Wildman–Crippen MR) is 69.4 cm³/mol. The van der Waals surface area contributed by atoms with Crippen molar-refractivity contribution in [2.75, 3.05) is 40.4 Å². The highest BCUT2D eigenvalue weighted by Gasteiger charge is 2.56. The fourth-order valence-electron chi connectivity index (χ4n) is 3.33. The van der Waals surface area contributed by atoms with Gasteiger partial charge in [0.25, 0.3) is 0 Å². The second-order valence-corrected chi connectivity index (χ2v) is 5.82. The van der Waals surface area contributed by atoms with Gasteiger partial charge >= 0.3 is 0 Å². The van der Waals surface area contributed by atoms with Crippen LogP contribution in [0.15, 0.2) is 22.8 Å². The minimum Gasteiger partial charge on any atom is -0.468 e. The highest BCUT2D eigenvalue weighted by molar-refractivity contribution is 5.84. The number of carbonyl (C=O) groups is 1. The molecule has 0 saturated carbocycles. The van der Waals surface area contributed by atoms with Crippen LogP contribution in [0.25, 0.3) is 0 Å². The molecular weight excluding hydrogens is 244 g/mol. The Morgan fingerprint density at radius 2 is 2.42 bits per heavy atom. The number of fused-ring (bicyclic) bond motifs is 1. The molecule has 0 aromatic carbocycles. The van der Waals surface area contributed by atoms with E-state index in [-0.39, 0.29) is 11.3 Å². The smallest absolute Gasteiger partial charge is 0.232 e. The van der Waals surface area contributed by atoms with Gasteiger partial charge in [-0.3, -0.25) is 9.69 Å². The Balaban J connectivity index is 1.76. The molecule has 2 atom stereocenters. The summed E-state index contributed by atoms with van der Waals surface area (Å²) < 4.78 is 11.0.